The molecule has 2 rings (SSSR count). The molecule has 21 heavy (non-hydrogen) atoms. The fraction of sp³-hybridized carbons (Fsp3) is 0.562. The van der Waals surface area contributed by atoms with Crippen molar-refractivity contribution in [3.05, 3.63) is 29.3 Å². The van der Waals surface area contributed by atoms with E-state index in [4.69, 9.17) is 18.6 Å². The van der Waals surface area contributed by atoms with E-state index in [2.05, 4.69) is 11.1 Å². The van der Waals surface area contributed by atoms with Crippen LogP contribution in [0.15, 0.2) is 23.2 Å². The van der Waals surface area contributed by atoms with Crippen molar-refractivity contribution < 1.29 is 22.1 Å². The minimum absolute atomic E-state index is 0.439. The van der Waals surface area contributed by atoms with Crippen LogP contribution in [0.4, 0.5) is 0 Å². The summed E-state index contributed by atoms with van der Waals surface area (Å²) in [4.78, 5) is 4.00. The molecule has 5 heteroatoms. The van der Waals surface area contributed by atoms with E-state index in [-0.39, 0.29) is 0 Å². The summed E-state index contributed by atoms with van der Waals surface area (Å²) in [7, 11) is 11.5. The van der Waals surface area contributed by atoms with E-state index in [1.165, 1.54) is 44.9 Å². The predicted octanol–water partition coefficient (Wildman–Crippen LogP) is 5.65. The topological polar surface area (TPSA) is 32.6 Å². The van der Waals surface area contributed by atoms with Crippen LogP contribution in [0.3, 0.4) is 0 Å². The van der Waals surface area contributed by atoms with Gasteiger partial charge in [0, 0.05) is 18.8 Å². The average molecular weight is 364 g/mol. The molecular weight excluding hydrogens is 341 g/mol. The van der Waals surface area contributed by atoms with Gasteiger partial charge in [0.25, 0.3) is 0 Å². The number of nitrogens with zero attached hydrogens (tertiary/aromatic N) is 1. The molecule has 1 saturated carbocycles. The summed E-state index contributed by atoms with van der Waals surface area (Å²) < 4.78 is 0. The van der Waals surface area contributed by atoms with Gasteiger partial charge in [-0.05, 0) is 30.4 Å². The standard InChI is InChI=1S/C16H23NO.2ClH.Ti/c1-17-12-14-10-7-11-15(16(14)18)13-8-5-3-2-4-6-9-13;;;/h7,10-13,18H,2-6,8-9H2,1H3;2*1H;/q;;;+2/p-2. The van der Waals surface area contributed by atoms with E-state index < -0.39 is 17.0 Å². The van der Waals surface area contributed by atoms with Crippen LogP contribution in [-0.4, -0.2) is 18.4 Å². The second-order valence-electron chi connectivity index (χ2n) is 5.29. The Labute approximate surface area is 144 Å². The van der Waals surface area contributed by atoms with Gasteiger partial charge in [-0.2, -0.15) is 0 Å². The van der Waals surface area contributed by atoms with Crippen LogP contribution in [0.5, 0.6) is 5.75 Å². The second kappa shape index (κ2) is 11.5. The summed E-state index contributed by atoms with van der Waals surface area (Å²) >= 11 is -0.556. The molecule has 1 aromatic carbocycles. The van der Waals surface area contributed by atoms with Crippen molar-refractivity contribution in [1.82, 2.24) is 0 Å². The van der Waals surface area contributed by atoms with Gasteiger partial charge in [-0.1, -0.05) is 44.2 Å². The molecule has 1 aliphatic carbocycles. The number of benzene rings is 1. The number of rotatable bonds is 2. The van der Waals surface area contributed by atoms with Gasteiger partial charge in [-0.25, -0.2) is 0 Å². The fourth-order valence-electron chi connectivity index (χ4n) is 2.92. The monoisotopic (exact) mass is 363 g/mol. The summed E-state index contributed by atoms with van der Waals surface area (Å²) in [6.45, 7) is 0. The Morgan fingerprint density at radius 3 is 2.29 bits per heavy atom. The molecular formula is C16H23Cl2NOTi. The van der Waals surface area contributed by atoms with Crippen LogP contribution in [0.1, 0.15) is 62.0 Å². The number of halogens is 2. The van der Waals surface area contributed by atoms with E-state index in [0.29, 0.717) is 11.7 Å². The molecule has 0 atom stereocenters. The zero-order chi connectivity index (χ0) is 15.5. The number of phenolic OH excluding ortho intramolecular Hbond substituents is 1. The van der Waals surface area contributed by atoms with Crippen molar-refractivity contribution in [2.45, 2.75) is 50.9 Å². The van der Waals surface area contributed by atoms with Crippen molar-refractivity contribution in [3.8, 4) is 5.75 Å². The van der Waals surface area contributed by atoms with E-state index >= 15 is 0 Å². The molecule has 0 spiro atoms. The first-order valence-electron chi connectivity index (χ1n) is 7.44. The first kappa shape index (κ1) is 19.0. The Morgan fingerprint density at radius 2 is 1.71 bits per heavy atom. The van der Waals surface area contributed by atoms with Gasteiger partial charge in [-0.3, -0.25) is 4.99 Å². The van der Waals surface area contributed by atoms with E-state index in [1.54, 1.807) is 13.3 Å². The fourth-order valence-corrected chi connectivity index (χ4v) is 2.92. The molecule has 1 fully saturated rings. The Kier molecular flexibility index (Phi) is 10.5. The Balaban J connectivity index is 0.000000677. The van der Waals surface area contributed by atoms with Gasteiger partial charge < -0.3 is 5.11 Å². The third kappa shape index (κ3) is 6.73. The third-order valence-corrected chi connectivity index (χ3v) is 3.91. The van der Waals surface area contributed by atoms with Crippen LogP contribution in [0, 0.1) is 0 Å². The van der Waals surface area contributed by atoms with Crippen LogP contribution in [0.2, 0.25) is 0 Å². The van der Waals surface area contributed by atoms with Gasteiger partial charge in [0.15, 0.2) is 0 Å². The van der Waals surface area contributed by atoms with Crippen LogP contribution >= 0.6 is 18.6 Å². The van der Waals surface area contributed by atoms with E-state index in [0.717, 1.165) is 11.1 Å². The summed E-state index contributed by atoms with van der Waals surface area (Å²) in [5, 5.41) is 10.3. The number of hydrogen-bond acceptors (Lipinski definition) is 2. The number of para-hydroxylation sites is 1. The molecule has 0 aromatic heterocycles. The normalized spacial score (nSPS) is 16.7. The Hall–Kier alpha value is -0.0157. The summed E-state index contributed by atoms with van der Waals surface area (Å²) in [6, 6.07) is 6.04. The molecule has 0 heterocycles. The molecule has 0 amide bonds. The maximum absolute atomic E-state index is 10.3. The number of phenols is 1. The Bertz CT molecular complexity index is 432. The van der Waals surface area contributed by atoms with Gasteiger partial charge >= 0.3 is 35.6 Å². The van der Waals surface area contributed by atoms with Crippen LogP contribution < -0.4 is 0 Å². The van der Waals surface area contributed by atoms with Crippen molar-refractivity contribution >= 4 is 24.8 Å². The zero-order valence-corrected chi connectivity index (χ0v) is 15.6. The number of aromatic hydroxyl groups is 1. The van der Waals surface area contributed by atoms with Crippen LogP contribution in [0.25, 0.3) is 0 Å². The molecule has 1 N–H and O–H groups in total. The maximum atomic E-state index is 10.3. The third-order valence-electron chi connectivity index (χ3n) is 3.91. The van der Waals surface area contributed by atoms with Gasteiger partial charge in [0.05, 0.1) is 0 Å². The van der Waals surface area contributed by atoms with E-state index in [1.807, 2.05) is 12.1 Å². The molecule has 1 aromatic rings. The second-order valence-corrected chi connectivity index (χ2v) is 7.86. The van der Waals surface area contributed by atoms with Gasteiger partial charge in [0.1, 0.15) is 5.75 Å². The van der Waals surface area contributed by atoms with Gasteiger partial charge in [-0.15, -0.1) is 0 Å². The molecule has 0 saturated heterocycles. The zero-order valence-electron chi connectivity index (χ0n) is 12.5. The first-order chi connectivity index (χ1) is 10.2. The molecule has 2 nitrogen and oxygen atoms in total. The average Bonchev–Trinajstić information content (AvgIpc) is 2.43. The molecule has 0 aliphatic heterocycles. The Morgan fingerprint density at radius 1 is 1.14 bits per heavy atom. The van der Waals surface area contributed by atoms with E-state index in [9.17, 15) is 5.11 Å². The minimum atomic E-state index is -0.556. The SMILES string of the molecule is CN=Cc1cccc(C2CCCCCCC2)c1O.[Cl][Ti][Cl]. The van der Waals surface area contributed by atoms with Crippen molar-refractivity contribution in [1.29, 1.82) is 0 Å². The summed E-state index contributed by atoms with van der Waals surface area (Å²) in [5.41, 5.74) is 1.96. The summed E-state index contributed by atoms with van der Waals surface area (Å²) in [5.74, 6) is 0.962. The number of hydrogen-bond donors (Lipinski definition) is 1. The van der Waals surface area contributed by atoms with Crippen molar-refractivity contribution in [3.63, 3.8) is 0 Å². The first-order valence-corrected chi connectivity index (χ1v) is 11.7. The molecule has 0 unspecified atom stereocenters. The van der Waals surface area contributed by atoms with Crippen LogP contribution in [-0.2, 0) is 17.0 Å². The summed E-state index contributed by atoms with van der Waals surface area (Å²) in [6.07, 6.45) is 10.8. The van der Waals surface area contributed by atoms with Gasteiger partial charge in [0.2, 0.25) is 0 Å². The number of aliphatic imine (C=N–C) groups is 1. The van der Waals surface area contributed by atoms with Crippen molar-refractivity contribution in [2.75, 3.05) is 7.05 Å². The quantitative estimate of drug-likeness (QED) is 0.534. The molecule has 0 bridgehead atoms. The molecule has 1 aliphatic rings. The molecule has 116 valence electrons. The van der Waals surface area contributed by atoms with Crippen molar-refractivity contribution in [2.24, 2.45) is 4.99 Å². The predicted molar refractivity (Wildman–Crippen MR) is 88.4 cm³/mol. The molecule has 0 radical (unpaired) electrons.